The maximum absolute atomic E-state index is 10.3. The molecule has 2 aromatic heterocycles. The molecule has 8 rings (SSSR count). The standard InChI is InChI=1S/C30H37B2N6O4PSi/c1-44(21-9-4-2-5-10-21,22-11-6-3-7-12-22)17-26-23-13-8-14-38(23)43(42-26)41-24-15-27(40-25(24)16-39)37-20-35-28-29(36-32-18-31-32)33-19-34-30(28)37/h2-7,9-12,19-20,23-27,31,39H,8,13-18H2,1H3,(H,33,34,36)/t23-,24+,25+,26+,27+,43-/m0/s1. The van der Waals surface area contributed by atoms with E-state index in [9.17, 15) is 5.11 Å². The third-order valence-electron chi connectivity index (χ3n) is 9.74. The molecule has 4 aliphatic rings. The minimum Gasteiger partial charge on any atom is -0.419 e. The number of imidazole rings is 1. The first-order chi connectivity index (χ1) is 21.6. The molecule has 6 heterocycles. The fourth-order valence-corrected chi connectivity index (χ4v) is 13.1. The van der Waals surface area contributed by atoms with Crippen LogP contribution in [0.3, 0.4) is 0 Å². The van der Waals surface area contributed by atoms with Gasteiger partial charge in [0.25, 0.3) is 8.53 Å². The Labute approximate surface area is 260 Å². The van der Waals surface area contributed by atoms with Gasteiger partial charge >= 0.3 is 0 Å². The van der Waals surface area contributed by atoms with E-state index in [0.29, 0.717) is 19.2 Å². The van der Waals surface area contributed by atoms with Crippen LogP contribution in [0.4, 0.5) is 5.82 Å². The highest BCUT2D eigenvalue weighted by Crippen LogP contribution is 2.58. The van der Waals surface area contributed by atoms with Crippen molar-refractivity contribution < 1.29 is 18.9 Å². The van der Waals surface area contributed by atoms with E-state index in [4.69, 9.17) is 13.8 Å². The van der Waals surface area contributed by atoms with Crippen LogP contribution in [0, 0.1) is 0 Å². The van der Waals surface area contributed by atoms with Gasteiger partial charge in [-0.05, 0) is 18.9 Å². The summed E-state index contributed by atoms with van der Waals surface area (Å²) in [5, 5.41) is 16.6. The number of aliphatic hydroxyl groups is 1. The first-order valence-electron chi connectivity index (χ1n) is 15.8. The molecule has 0 unspecified atom stereocenters. The fourth-order valence-electron chi connectivity index (χ4n) is 7.13. The summed E-state index contributed by atoms with van der Waals surface area (Å²) in [6.45, 7) is 3.79. The predicted octanol–water partition coefficient (Wildman–Crippen LogP) is 2.78. The van der Waals surface area contributed by atoms with Crippen molar-refractivity contribution in [3.63, 3.8) is 0 Å². The largest absolute Gasteiger partial charge is 0.419 e. The number of nitrogens with zero attached hydrogens (tertiary/aromatic N) is 5. The number of nitrogens with one attached hydrogen (secondary N) is 1. The number of hydrogen-bond donors (Lipinski definition) is 2. The molecule has 0 saturated carbocycles. The Hall–Kier alpha value is -2.63. The normalized spacial score (nSPS) is 28.4. The number of anilines is 1. The van der Waals surface area contributed by atoms with Crippen LogP contribution >= 0.6 is 8.53 Å². The first kappa shape index (κ1) is 28.8. The van der Waals surface area contributed by atoms with Gasteiger partial charge in [0.05, 0.1) is 25.1 Å². The number of hydrogen-bond acceptors (Lipinski definition) is 9. The maximum atomic E-state index is 10.3. The maximum Gasteiger partial charge on any atom is 0.259 e. The molecular formula is C30H37B2N6O4PSi. The molecule has 226 valence electrons. The second-order valence-electron chi connectivity index (χ2n) is 12.7. The summed E-state index contributed by atoms with van der Waals surface area (Å²) in [7, 11) is -2.22. The van der Waals surface area contributed by atoms with Crippen LogP contribution in [0.15, 0.2) is 73.3 Å². The molecule has 0 spiro atoms. The van der Waals surface area contributed by atoms with Crippen molar-refractivity contribution in [2.24, 2.45) is 0 Å². The number of aromatic nitrogens is 4. The van der Waals surface area contributed by atoms with Gasteiger partial charge in [0.1, 0.15) is 45.2 Å². The summed E-state index contributed by atoms with van der Waals surface area (Å²) >= 11 is 0. The molecule has 0 radical (unpaired) electrons. The summed E-state index contributed by atoms with van der Waals surface area (Å²) < 4.78 is 24.5. The van der Waals surface area contributed by atoms with E-state index in [1.807, 2.05) is 4.57 Å². The Bertz CT molecular complexity index is 1560. The van der Waals surface area contributed by atoms with Gasteiger partial charge in [-0.15, -0.1) is 0 Å². The minimum atomic E-state index is -2.09. The van der Waals surface area contributed by atoms with Gasteiger partial charge in [-0.3, -0.25) is 4.57 Å². The van der Waals surface area contributed by atoms with E-state index in [1.54, 1.807) is 12.7 Å². The van der Waals surface area contributed by atoms with Crippen molar-refractivity contribution in [2.75, 3.05) is 18.4 Å². The van der Waals surface area contributed by atoms with Crippen LogP contribution < -0.4 is 15.6 Å². The highest BCUT2D eigenvalue weighted by molar-refractivity contribution is 7.45. The van der Waals surface area contributed by atoms with Gasteiger partial charge in [0.2, 0.25) is 6.74 Å². The molecule has 4 aromatic rings. The van der Waals surface area contributed by atoms with Gasteiger partial charge in [0, 0.05) is 19.0 Å². The number of ether oxygens (including phenoxy) is 1. The fraction of sp³-hybridized carbons (Fsp3) is 0.433. The summed E-state index contributed by atoms with van der Waals surface area (Å²) in [6, 6.07) is 23.3. The molecule has 10 nitrogen and oxygen atoms in total. The average molecular weight is 626 g/mol. The lowest BCUT2D eigenvalue weighted by Gasteiger charge is -2.32. The summed E-state index contributed by atoms with van der Waals surface area (Å²) in [5.41, 5.74) is 1.46. The molecule has 6 atom stereocenters. The first-order valence-corrected chi connectivity index (χ1v) is 19.7. The van der Waals surface area contributed by atoms with Crippen LogP contribution in [-0.4, -0.2) is 88.8 Å². The van der Waals surface area contributed by atoms with Gasteiger partial charge < -0.3 is 24.1 Å². The minimum absolute atomic E-state index is 0.0954. The topological polar surface area (TPSA) is 107 Å². The number of rotatable bonds is 10. The van der Waals surface area contributed by atoms with Crippen LogP contribution in [-0.2, 0) is 13.8 Å². The zero-order chi connectivity index (χ0) is 29.7. The third kappa shape index (κ3) is 5.32. The van der Waals surface area contributed by atoms with E-state index in [2.05, 4.69) is 92.1 Å². The summed E-state index contributed by atoms with van der Waals surface area (Å²) in [4.78, 5) is 13.6. The highest BCUT2D eigenvalue weighted by Gasteiger charge is 2.52. The number of aliphatic hydroxyl groups excluding tert-OH is 1. The van der Waals surface area contributed by atoms with Crippen molar-refractivity contribution in [1.29, 1.82) is 0 Å². The second-order valence-corrected chi connectivity index (χ2v) is 18.3. The lowest BCUT2D eigenvalue weighted by atomic mass is 9.67. The molecule has 0 aliphatic carbocycles. The van der Waals surface area contributed by atoms with Gasteiger partial charge in [-0.2, -0.15) is 0 Å². The van der Waals surface area contributed by atoms with Gasteiger partial charge in [-0.25, -0.2) is 19.6 Å². The van der Waals surface area contributed by atoms with Crippen molar-refractivity contribution in [3.05, 3.63) is 73.3 Å². The zero-order valence-corrected chi connectivity index (χ0v) is 26.8. The Morgan fingerprint density at radius 1 is 1.09 bits per heavy atom. The van der Waals surface area contributed by atoms with Crippen LogP contribution in [0.25, 0.3) is 11.2 Å². The van der Waals surface area contributed by atoms with Crippen molar-refractivity contribution >= 4 is 57.9 Å². The zero-order valence-electron chi connectivity index (χ0n) is 24.9. The highest BCUT2D eigenvalue weighted by atomic mass is 31.2. The van der Waals surface area contributed by atoms with E-state index in [-0.39, 0.29) is 25.0 Å². The third-order valence-corrected chi connectivity index (χ3v) is 16.0. The monoisotopic (exact) mass is 626 g/mol. The smallest absolute Gasteiger partial charge is 0.259 e. The van der Waals surface area contributed by atoms with Crippen LogP contribution in [0.1, 0.15) is 25.5 Å². The molecular weight excluding hydrogens is 589 g/mol. The molecule has 14 heteroatoms. The SMILES string of the molecule is C[Si](C[C@H]1O[P@](O[C@@H]2C[C@H](n3cnc4c(NB5BC5)ncnc43)O[C@@H]2CO)N2CCC[C@@H]12)(c1ccccc1)c1ccccc1. The summed E-state index contributed by atoms with van der Waals surface area (Å²) in [5.74, 6) is 0.760. The lowest BCUT2D eigenvalue weighted by Crippen LogP contribution is -2.58. The van der Waals surface area contributed by atoms with Gasteiger partial charge in [0.15, 0.2) is 5.65 Å². The van der Waals surface area contributed by atoms with E-state index in [0.717, 1.165) is 55.8 Å². The Morgan fingerprint density at radius 2 is 1.84 bits per heavy atom. The molecule has 4 aliphatic heterocycles. The van der Waals surface area contributed by atoms with E-state index >= 15 is 0 Å². The number of benzene rings is 2. The molecule has 4 fully saturated rings. The average Bonchev–Trinajstić information content (AvgIpc) is 3.40. The molecule has 0 amide bonds. The Balaban J connectivity index is 1.01. The molecule has 2 aromatic carbocycles. The van der Waals surface area contributed by atoms with E-state index < -0.39 is 22.7 Å². The van der Waals surface area contributed by atoms with Crippen LogP contribution in [0.2, 0.25) is 18.8 Å². The van der Waals surface area contributed by atoms with Crippen molar-refractivity contribution in [2.45, 2.75) is 68.7 Å². The van der Waals surface area contributed by atoms with Crippen molar-refractivity contribution in [3.8, 4) is 0 Å². The lowest BCUT2D eigenvalue weighted by molar-refractivity contribution is -0.0400. The Kier molecular flexibility index (Phi) is 7.82. The number of fused-ring (bicyclic) bond motifs is 2. The Morgan fingerprint density at radius 3 is 2.55 bits per heavy atom. The van der Waals surface area contributed by atoms with Crippen LogP contribution in [0.5, 0.6) is 0 Å². The molecule has 44 heavy (non-hydrogen) atoms. The predicted molar refractivity (Wildman–Crippen MR) is 177 cm³/mol. The van der Waals surface area contributed by atoms with Gasteiger partial charge in [-0.1, -0.05) is 83.8 Å². The molecule has 4 saturated heterocycles. The van der Waals surface area contributed by atoms with E-state index in [1.165, 1.54) is 10.4 Å². The van der Waals surface area contributed by atoms with Crippen molar-refractivity contribution in [1.82, 2.24) is 24.2 Å². The quantitative estimate of drug-likeness (QED) is 0.203. The molecule has 2 N–H and O–H groups in total. The second kappa shape index (κ2) is 11.9. The molecule has 0 bridgehead atoms. The summed E-state index contributed by atoms with van der Waals surface area (Å²) in [6.07, 6.45) is 6.33.